The highest BCUT2D eigenvalue weighted by Crippen LogP contribution is 2.41. The van der Waals surface area contributed by atoms with Gasteiger partial charge in [-0.1, -0.05) is 25.3 Å². The molecule has 1 aliphatic carbocycles. The van der Waals surface area contributed by atoms with Crippen LogP contribution in [0.4, 0.5) is 0 Å². The molecule has 1 aliphatic rings. The van der Waals surface area contributed by atoms with Gasteiger partial charge >= 0.3 is 0 Å². The maximum absolute atomic E-state index is 10.3. The Labute approximate surface area is 130 Å². The van der Waals surface area contributed by atoms with Crippen molar-refractivity contribution >= 4 is 0 Å². The monoisotopic (exact) mass is 298 g/mol. The first-order chi connectivity index (χ1) is 10.6. The van der Waals surface area contributed by atoms with Crippen molar-refractivity contribution in [3.8, 4) is 28.4 Å². The molecule has 3 N–H and O–H groups in total. The Morgan fingerprint density at radius 2 is 1.55 bits per heavy atom. The Balaban J connectivity index is 2.05. The van der Waals surface area contributed by atoms with Gasteiger partial charge in [0.05, 0.1) is 0 Å². The zero-order valence-electron chi connectivity index (χ0n) is 12.8. The smallest absolute Gasteiger partial charge is 0.158 e. The number of hydrogen-bond acceptors (Lipinski definition) is 3. The average Bonchev–Trinajstić information content (AvgIpc) is 2.51. The van der Waals surface area contributed by atoms with E-state index in [1.165, 1.54) is 49.8 Å². The molecule has 0 heterocycles. The van der Waals surface area contributed by atoms with Gasteiger partial charge in [0, 0.05) is 5.56 Å². The van der Waals surface area contributed by atoms with Crippen molar-refractivity contribution in [2.75, 3.05) is 0 Å². The molecular formula is C19H22O3. The van der Waals surface area contributed by atoms with Crippen LogP contribution in [0.1, 0.15) is 49.1 Å². The molecule has 1 fully saturated rings. The Morgan fingerprint density at radius 1 is 0.818 bits per heavy atom. The summed E-state index contributed by atoms with van der Waals surface area (Å²) in [6.07, 6.45) is 6.24. The number of rotatable bonds is 2. The summed E-state index contributed by atoms with van der Waals surface area (Å²) in [4.78, 5) is 0. The molecule has 0 aromatic heterocycles. The molecule has 2 aromatic carbocycles. The number of aromatic hydroxyl groups is 3. The molecule has 0 aliphatic heterocycles. The van der Waals surface area contributed by atoms with Crippen LogP contribution in [0.15, 0.2) is 30.3 Å². The highest BCUT2D eigenvalue weighted by Gasteiger charge is 2.19. The minimum absolute atomic E-state index is 0.150. The predicted molar refractivity (Wildman–Crippen MR) is 87.4 cm³/mol. The van der Waals surface area contributed by atoms with Crippen LogP contribution in [0.3, 0.4) is 0 Å². The van der Waals surface area contributed by atoms with Crippen LogP contribution >= 0.6 is 0 Å². The van der Waals surface area contributed by atoms with E-state index in [2.05, 4.69) is 0 Å². The SMILES string of the molecule is Cc1cc(O)c(-c2ccc(O)c(O)c2)cc1C1CCCCC1. The van der Waals surface area contributed by atoms with Crippen LogP contribution in [0.25, 0.3) is 11.1 Å². The standard InChI is InChI=1S/C19H22O3/c1-12-9-18(21)16(14-7-8-17(20)19(22)10-14)11-15(12)13-5-3-2-4-6-13/h7-11,13,20-22H,2-6H2,1H3. The Morgan fingerprint density at radius 3 is 2.23 bits per heavy atom. The summed E-state index contributed by atoms with van der Waals surface area (Å²) in [5, 5.41) is 29.4. The summed E-state index contributed by atoms with van der Waals surface area (Å²) < 4.78 is 0. The van der Waals surface area contributed by atoms with Crippen molar-refractivity contribution in [2.45, 2.75) is 44.9 Å². The van der Waals surface area contributed by atoms with Crippen molar-refractivity contribution < 1.29 is 15.3 Å². The zero-order chi connectivity index (χ0) is 15.7. The van der Waals surface area contributed by atoms with Gasteiger partial charge in [0.1, 0.15) is 5.75 Å². The fourth-order valence-electron chi connectivity index (χ4n) is 3.49. The van der Waals surface area contributed by atoms with Gasteiger partial charge in [-0.25, -0.2) is 0 Å². The molecule has 3 rings (SSSR count). The van der Waals surface area contributed by atoms with Crippen molar-refractivity contribution in [2.24, 2.45) is 0 Å². The lowest BCUT2D eigenvalue weighted by atomic mass is 9.81. The molecule has 0 spiro atoms. The average molecular weight is 298 g/mol. The molecule has 0 bridgehead atoms. The Kier molecular flexibility index (Phi) is 3.97. The van der Waals surface area contributed by atoms with E-state index in [1.54, 1.807) is 6.07 Å². The molecule has 3 heteroatoms. The van der Waals surface area contributed by atoms with Crippen LogP contribution in [0, 0.1) is 6.92 Å². The van der Waals surface area contributed by atoms with Gasteiger partial charge in [-0.2, -0.15) is 0 Å². The lowest BCUT2D eigenvalue weighted by molar-refractivity contribution is 0.404. The number of hydrogen-bond donors (Lipinski definition) is 3. The molecule has 3 nitrogen and oxygen atoms in total. The number of benzene rings is 2. The van der Waals surface area contributed by atoms with Gasteiger partial charge in [0.2, 0.25) is 0 Å². The predicted octanol–water partition coefficient (Wildman–Crippen LogP) is 4.83. The van der Waals surface area contributed by atoms with Crippen molar-refractivity contribution in [1.29, 1.82) is 0 Å². The van der Waals surface area contributed by atoms with Gasteiger partial charge in [0.25, 0.3) is 0 Å². The second-order valence-corrected chi connectivity index (χ2v) is 6.26. The molecule has 0 radical (unpaired) electrons. The molecule has 22 heavy (non-hydrogen) atoms. The van der Waals surface area contributed by atoms with Gasteiger partial charge < -0.3 is 15.3 Å². The third-order valence-corrected chi connectivity index (χ3v) is 4.72. The van der Waals surface area contributed by atoms with Gasteiger partial charge in [-0.3, -0.25) is 0 Å². The lowest BCUT2D eigenvalue weighted by Crippen LogP contribution is -2.06. The van der Waals surface area contributed by atoms with E-state index >= 15 is 0 Å². The van der Waals surface area contributed by atoms with Gasteiger partial charge in [-0.15, -0.1) is 0 Å². The maximum atomic E-state index is 10.3. The Hall–Kier alpha value is -2.16. The molecule has 0 unspecified atom stereocenters. The van der Waals surface area contributed by atoms with E-state index in [4.69, 9.17) is 0 Å². The van der Waals surface area contributed by atoms with Gasteiger partial charge in [0.15, 0.2) is 11.5 Å². The summed E-state index contributed by atoms with van der Waals surface area (Å²) in [6.45, 7) is 2.04. The zero-order valence-corrected chi connectivity index (χ0v) is 12.8. The number of aryl methyl sites for hydroxylation is 1. The van der Waals surface area contributed by atoms with Crippen LogP contribution in [-0.2, 0) is 0 Å². The Bertz CT molecular complexity index is 685. The number of phenols is 3. The summed E-state index contributed by atoms with van der Waals surface area (Å²) in [7, 11) is 0. The first-order valence-corrected chi connectivity index (χ1v) is 7.92. The van der Waals surface area contributed by atoms with Crippen LogP contribution in [0.2, 0.25) is 0 Å². The van der Waals surface area contributed by atoms with E-state index in [9.17, 15) is 15.3 Å². The minimum Gasteiger partial charge on any atom is -0.507 e. The molecule has 1 saturated carbocycles. The second-order valence-electron chi connectivity index (χ2n) is 6.26. The molecule has 0 atom stereocenters. The van der Waals surface area contributed by atoms with Crippen molar-refractivity contribution in [1.82, 2.24) is 0 Å². The molecule has 2 aromatic rings. The first-order valence-electron chi connectivity index (χ1n) is 7.92. The lowest BCUT2D eigenvalue weighted by Gasteiger charge is -2.24. The van der Waals surface area contributed by atoms with E-state index in [-0.39, 0.29) is 17.2 Å². The third-order valence-electron chi connectivity index (χ3n) is 4.72. The normalized spacial score (nSPS) is 15.9. The molecule has 116 valence electrons. The van der Waals surface area contributed by atoms with Crippen LogP contribution in [-0.4, -0.2) is 15.3 Å². The highest BCUT2D eigenvalue weighted by atomic mass is 16.3. The highest BCUT2D eigenvalue weighted by molar-refractivity contribution is 5.74. The summed E-state index contributed by atoms with van der Waals surface area (Å²) in [5.74, 6) is 0.445. The molecule has 0 amide bonds. The fraction of sp³-hybridized carbons (Fsp3) is 0.368. The quantitative estimate of drug-likeness (QED) is 0.696. The minimum atomic E-state index is -0.170. The summed E-state index contributed by atoms with van der Waals surface area (Å²) in [5.41, 5.74) is 3.84. The largest absolute Gasteiger partial charge is 0.507 e. The second kappa shape index (κ2) is 5.91. The first kappa shape index (κ1) is 14.8. The topological polar surface area (TPSA) is 60.7 Å². The maximum Gasteiger partial charge on any atom is 0.158 e. The fourth-order valence-corrected chi connectivity index (χ4v) is 3.49. The van der Waals surface area contributed by atoms with Crippen molar-refractivity contribution in [3.05, 3.63) is 41.5 Å². The molecular weight excluding hydrogens is 276 g/mol. The van der Waals surface area contributed by atoms with Crippen LogP contribution < -0.4 is 0 Å². The summed E-state index contributed by atoms with van der Waals surface area (Å²) in [6, 6.07) is 8.51. The number of phenolic OH excluding ortho intramolecular Hbond substituents is 3. The van der Waals surface area contributed by atoms with Gasteiger partial charge in [-0.05, 0) is 66.6 Å². The molecule has 0 saturated heterocycles. The third kappa shape index (κ3) is 2.76. The van der Waals surface area contributed by atoms with E-state index < -0.39 is 0 Å². The van der Waals surface area contributed by atoms with Crippen molar-refractivity contribution in [3.63, 3.8) is 0 Å². The van der Waals surface area contributed by atoms with E-state index in [0.717, 1.165) is 5.56 Å². The van der Waals surface area contributed by atoms with E-state index in [0.29, 0.717) is 17.0 Å². The van der Waals surface area contributed by atoms with Crippen LogP contribution in [0.5, 0.6) is 17.2 Å². The van der Waals surface area contributed by atoms with E-state index in [1.807, 2.05) is 19.1 Å². The summed E-state index contributed by atoms with van der Waals surface area (Å²) >= 11 is 0.